The number of carbonyl (C=O) groups is 2. The van der Waals surface area contributed by atoms with Gasteiger partial charge in [0.2, 0.25) is 0 Å². The van der Waals surface area contributed by atoms with Crippen molar-refractivity contribution in [3.8, 4) is 0 Å². The number of rotatable bonds is 1. The fraction of sp³-hybridized carbons (Fsp3) is 0.833. The monoisotopic (exact) mass is 240 g/mol. The van der Waals surface area contributed by atoms with Crippen molar-refractivity contribution in [1.29, 1.82) is 0 Å². The predicted octanol–water partition coefficient (Wildman–Crippen LogP) is 1.24. The van der Waals surface area contributed by atoms with Gasteiger partial charge in [-0.1, -0.05) is 13.8 Å². The molecule has 0 aliphatic carbocycles. The van der Waals surface area contributed by atoms with Gasteiger partial charge in [-0.05, 0) is 24.7 Å². The normalized spacial score (nSPS) is 33.2. The first kappa shape index (κ1) is 12.2. The summed E-state index contributed by atoms with van der Waals surface area (Å²) in [4.78, 5) is 26.6. The predicted molar refractivity (Wildman–Crippen MR) is 62.7 cm³/mol. The Kier molecular flexibility index (Phi) is 3.26. The minimum Gasteiger partial charge on any atom is -0.480 e. The van der Waals surface area contributed by atoms with E-state index in [9.17, 15) is 9.59 Å². The van der Waals surface area contributed by atoms with Crippen molar-refractivity contribution < 1.29 is 14.7 Å². The van der Waals surface area contributed by atoms with E-state index < -0.39 is 12.0 Å². The van der Waals surface area contributed by atoms with Crippen molar-refractivity contribution in [3.63, 3.8) is 0 Å². The highest BCUT2D eigenvalue weighted by atomic mass is 16.4. The molecule has 2 aliphatic heterocycles. The average Bonchev–Trinajstić information content (AvgIpc) is 2.85. The number of nitrogens with zero attached hydrogens (tertiary/aromatic N) is 2. The number of carboxylic acids is 1. The van der Waals surface area contributed by atoms with Crippen LogP contribution in [0, 0.1) is 11.8 Å². The van der Waals surface area contributed by atoms with Crippen LogP contribution in [0.2, 0.25) is 0 Å². The molecule has 2 aliphatic rings. The van der Waals surface area contributed by atoms with E-state index in [2.05, 4.69) is 13.8 Å². The summed E-state index contributed by atoms with van der Waals surface area (Å²) in [6.45, 7) is 6.36. The maximum atomic E-state index is 12.2. The van der Waals surface area contributed by atoms with Crippen molar-refractivity contribution in [2.24, 2.45) is 11.8 Å². The van der Waals surface area contributed by atoms with E-state index in [1.54, 1.807) is 4.90 Å². The molecule has 5 nitrogen and oxygen atoms in total. The number of carbonyl (C=O) groups excluding carboxylic acids is 1. The van der Waals surface area contributed by atoms with Gasteiger partial charge in [0.1, 0.15) is 6.04 Å². The molecule has 96 valence electrons. The molecule has 0 saturated carbocycles. The van der Waals surface area contributed by atoms with E-state index in [0.29, 0.717) is 24.8 Å². The second kappa shape index (κ2) is 4.55. The molecular formula is C12H20N2O3. The summed E-state index contributed by atoms with van der Waals surface area (Å²) >= 11 is 0. The Morgan fingerprint density at radius 2 is 1.76 bits per heavy atom. The Bertz CT molecular complexity index is 322. The molecule has 2 rings (SSSR count). The van der Waals surface area contributed by atoms with E-state index in [0.717, 1.165) is 19.5 Å². The van der Waals surface area contributed by atoms with Crippen molar-refractivity contribution in [2.75, 3.05) is 19.6 Å². The largest absolute Gasteiger partial charge is 0.480 e. The van der Waals surface area contributed by atoms with Crippen molar-refractivity contribution in [3.05, 3.63) is 0 Å². The number of aliphatic carboxylic acids is 1. The molecule has 2 saturated heterocycles. The Morgan fingerprint density at radius 3 is 2.29 bits per heavy atom. The maximum absolute atomic E-state index is 12.2. The fourth-order valence-corrected chi connectivity index (χ4v) is 2.72. The standard InChI is InChI=1S/C12H20N2O3/c1-8-6-13(7-9(8)2)12(17)14-5-3-4-10(14)11(15)16/h8-10H,3-7H2,1-2H3,(H,15,16)/t8?,9?,10-/m1/s1. The Labute approximate surface area is 101 Å². The summed E-state index contributed by atoms with van der Waals surface area (Å²) in [5, 5.41) is 9.07. The molecular weight excluding hydrogens is 220 g/mol. The van der Waals surface area contributed by atoms with E-state index in [-0.39, 0.29) is 6.03 Å². The zero-order valence-corrected chi connectivity index (χ0v) is 10.4. The highest BCUT2D eigenvalue weighted by Crippen LogP contribution is 2.26. The van der Waals surface area contributed by atoms with Crippen LogP contribution in [0.3, 0.4) is 0 Å². The molecule has 0 spiro atoms. The summed E-state index contributed by atoms with van der Waals surface area (Å²) in [5.41, 5.74) is 0. The third kappa shape index (κ3) is 2.23. The zero-order valence-electron chi connectivity index (χ0n) is 10.4. The second-order valence-corrected chi connectivity index (χ2v) is 5.33. The van der Waals surface area contributed by atoms with Crippen LogP contribution >= 0.6 is 0 Å². The van der Waals surface area contributed by atoms with Crippen molar-refractivity contribution >= 4 is 12.0 Å². The van der Waals surface area contributed by atoms with E-state index >= 15 is 0 Å². The molecule has 0 aromatic carbocycles. The molecule has 2 amide bonds. The first-order valence-corrected chi connectivity index (χ1v) is 6.29. The minimum absolute atomic E-state index is 0.0916. The quantitative estimate of drug-likeness (QED) is 0.750. The van der Waals surface area contributed by atoms with Crippen LogP contribution in [0.25, 0.3) is 0 Å². The molecule has 1 N–H and O–H groups in total. The number of urea groups is 1. The average molecular weight is 240 g/mol. The number of amides is 2. The van der Waals surface area contributed by atoms with Crippen LogP contribution in [0.1, 0.15) is 26.7 Å². The van der Waals surface area contributed by atoms with Crippen LogP contribution in [0.4, 0.5) is 4.79 Å². The van der Waals surface area contributed by atoms with Gasteiger partial charge in [0.25, 0.3) is 0 Å². The third-order valence-electron chi connectivity index (χ3n) is 4.04. The number of hydrogen-bond acceptors (Lipinski definition) is 2. The second-order valence-electron chi connectivity index (χ2n) is 5.33. The van der Waals surface area contributed by atoms with Gasteiger partial charge in [-0.2, -0.15) is 0 Å². The maximum Gasteiger partial charge on any atom is 0.326 e. The van der Waals surface area contributed by atoms with E-state index in [4.69, 9.17) is 5.11 Å². The van der Waals surface area contributed by atoms with Gasteiger partial charge in [0, 0.05) is 19.6 Å². The smallest absolute Gasteiger partial charge is 0.326 e. The van der Waals surface area contributed by atoms with E-state index in [1.807, 2.05) is 0 Å². The highest BCUT2D eigenvalue weighted by molar-refractivity contribution is 5.83. The molecule has 2 fully saturated rings. The van der Waals surface area contributed by atoms with Crippen molar-refractivity contribution in [2.45, 2.75) is 32.7 Å². The Morgan fingerprint density at radius 1 is 1.18 bits per heavy atom. The summed E-state index contributed by atoms with van der Waals surface area (Å²) in [6, 6.07) is -0.709. The summed E-state index contributed by atoms with van der Waals surface area (Å²) in [5.74, 6) is 0.130. The van der Waals surface area contributed by atoms with Crippen LogP contribution in [-0.2, 0) is 4.79 Å². The lowest BCUT2D eigenvalue weighted by Gasteiger charge is -2.27. The lowest BCUT2D eigenvalue weighted by Crippen LogP contribution is -2.47. The van der Waals surface area contributed by atoms with Crippen LogP contribution in [0.15, 0.2) is 0 Å². The van der Waals surface area contributed by atoms with Crippen molar-refractivity contribution in [1.82, 2.24) is 9.80 Å². The highest BCUT2D eigenvalue weighted by Gasteiger charge is 2.39. The van der Waals surface area contributed by atoms with Gasteiger partial charge < -0.3 is 14.9 Å². The van der Waals surface area contributed by atoms with Gasteiger partial charge in [-0.25, -0.2) is 9.59 Å². The molecule has 3 atom stereocenters. The molecule has 5 heteroatoms. The molecule has 2 heterocycles. The Hall–Kier alpha value is -1.26. The first-order chi connectivity index (χ1) is 8.00. The number of likely N-dealkylation sites (tertiary alicyclic amines) is 2. The minimum atomic E-state index is -0.879. The number of hydrogen-bond donors (Lipinski definition) is 1. The lowest BCUT2D eigenvalue weighted by molar-refractivity contribution is -0.141. The fourth-order valence-electron chi connectivity index (χ4n) is 2.72. The van der Waals surface area contributed by atoms with Crippen LogP contribution < -0.4 is 0 Å². The molecule has 0 radical (unpaired) electrons. The van der Waals surface area contributed by atoms with Crippen LogP contribution in [-0.4, -0.2) is 52.6 Å². The molecule has 2 unspecified atom stereocenters. The molecule has 17 heavy (non-hydrogen) atoms. The van der Waals surface area contributed by atoms with E-state index in [1.165, 1.54) is 4.90 Å². The summed E-state index contributed by atoms with van der Waals surface area (Å²) < 4.78 is 0. The van der Waals surface area contributed by atoms with Gasteiger partial charge in [-0.3, -0.25) is 0 Å². The summed E-state index contributed by atoms with van der Waals surface area (Å²) in [7, 11) is 0. The summed E-state index contributed by atoms with van der Waals surface area (Å²) in [6.07, 6.45) is 1.38. The molecule has 0 bridgehead atoms. The molecule has 0 aromatic heterocycles. The first-order valence-electron chi connectivity index (χ1n) is 6.29. The van der Waals surface area contributed by atoms with Gasteiger partial charge >= 0.3 is 12.0 Å². The molecule has 0 aromatic rings. The SMILES string of the molecule is CC1CN(C(=O)N2CCC[C@@H]2C(=O)O)CC1C. The van der Waals surface area contributed by atoms with Gasteiger partial charge in [-0.15, -0.1) is 0 Å². The van der Waals surface area contributed by atoms with Crippen LogP contribution in [0.5, 0.6) is 0 Å². The Balaban J connectivity index is 2.03. The van der Waals surface area contributed by atoms with Gasteiger partial charge in [0.05, 0.1) is 0 Å². The number of carboxylic acid groups (broad SMARTS) is 1. The zero-order chi connectivity index (χ0) is 12.6. The topological polar surface area (TPSA) is 60.9 Å². The third-order valence-corrected chi connectivity index (χ3v) is 4.04. The van der Waals surface area contributed by atoms with Gasteiger partial charge in [0.15, 0.2) is 0 Å². The lowest BCUT2D eigenvalue weighted by atomic mass is 10.0.